The van der Waals surface area contributed by atoms with Crippen LogP contribution < -0.4 is 4.74 Å². The van der Waals surface area contributed by atoms with Crippen LogP contribution in [-0.2, 0) is 6.42 Å². The van der Waals surface area contributed by atoms with Crippen molar-refractivity contribution in [3.05, 3.63) is 28.6 Å². The summed E-state index contributed by atoms with van der Waals surface area (Å²) in [6, 6.07) is 5.64. The molecule has 0 saturated heterocycles. The number of hydrogen-bond acceptors (Lipinski definition) is 4. The average Bonchev–Trinajstić information content (AvgIpc) is 2.85. The van der Waals surface area contributed by atoms with E-state index < -0.39 is 0 Å². The smallest absolute Gasteiger partial charge is 0.227 e. The molecule has 0 aliphatic rings. The zero-order chi connectivity index (χ0) is 13.0. The Labute approximate surface area is 118 Å². The highest BCUT2D eigenvalue weighted by atomic mass is 79.9. The van der Waals surface area contributed by atoms with Crippen LogP contribution in [0.3, 0.4) is 0 Å². The summed E-state index contributed by atoms with van der Waals surface area (Å²) in [4.78, 5) is 4.32. The van der Waals surface area contributed by atoms with Crippen molar-refractivity contribution in [2.24, 2.45) is 0 Å². The van der Waals surface area contributed by atoms with Gasteiger partial charge in [0.1, 0.15) is 5.75 Å². The lowest BCUT2D eigenvalue weighted by Crippen LogP contribution is -1.88. The standard InChI is InChI=1S/C12H12BrClN2O2/c1-17-10-5-4-8(7-9(10)13)12-15-11(18-16-12)3-2-6-14/h4-5,7H,2-3,6H2,1H3. The molecule has 1 aromatic heterocycles. The molecule has 1 aromatic carbocycles. The van der Waals surface area contributed by atoms with Crippen LogP contribution in [0.25, 0.3) is 11.4 Å². The van der Waals surface area contributed by atoms with Crippen molar-refractivity contribution in [3.63, 3.8) is 0 Å². The summed E-state index contributed by atoms with van der Waals surface area (Å²) in [6.07, 6.45) is 1.53. The van der Waals surface area contributed by atoms with Crippen molar-refractivity contribution in [2.45, 2.75) is 12.8 Å². The van der Waals surface area contributed by atoms with E-state index in [4.69, 9.17) is 20.9 Å². The summed E-state index contributed by atoms with van der Waals surface area (Å²) >= 11 is 9.04. The van der Waals surface area contributed by atoms with Crippen LogP contribution in [0, 0.1) is 0 Å². The highest BCUT2D eigenvalue weighted by Gasteiger charge is 2.10. The van der Waals surface area contributed by atoms with E-state index in [1.54, 1.807) is 7.11 Å². The Hall–Kier alpha value is -1.07. The Kier molecular flexibility index (Phi) is 4.60. The Bertz CT molecular complexity index is 531. The van der Waals surface area contributed by atoms with Crippen molar-refractivity contribution in [3.8, 4) is 17.1 Å². The fourth-order valence-electron chi connectivity index (χ4n) is 1.50. The van der Waals surface area contributed by atoms with E-state index in [-0.39, 0.29) is 0 Å². The second kappa shape index (κ2) is 6.20. The van der Waals surface area contributed by atoms with Crippen molar-refractivity contribution in [2.75, 3.05) is 13.0 Å². The van der Waals surface area contributed by atoms with E-state index in [1.807, 2.05) is 18.2 Å². The first kappa shape index (κ1) is 13.4. The highest BCUT2D eigenvalue weighted by molar-refractivity contribution is 9.10. The lowest BCUT2D eigenvalue weighted by atomic mass is 10.2. The van der Waals surface area contributed by atoms with Crippen LogP contribution in [-0.4, -0.2) is 23.1 Å². The van der Waals surface area contributed by atoms with E-state index >= 15 is 0 Å². The normalized spacial score (nSPS) is 10.6. The largest absolute Gasteiger partial charge is 0.496 e. The molecule has 0 unspecified atom stereocenters. The average molecular weight is 332 g/mol. The van der Waals surface area contributed by atoms with Crippen molar-refractivity contribution in [1.29, 1.82) is 0 Å². The maximum absolute atomic E-state index is 5.62. The molecule has 0 bridgehead atoms. The second-order valence-corrected chi connectivity index (χ2v) is 4.89. The number of rotatable bonds is 5. The van der Waals surface area contributed by atoms with E-state index in [9.17, 15) is 0 Å². The Morgan fingerprint density at radius 3 is 2.94 bits per heavy atom. The molecule has 0 fully saturated rings. The van der Waals surface area contributed by atoms with Gasteiger partial charge in [0.05, 0.1) is 11.6 Å². The summed E-state index contributed by atoms with van der Waals surface area (Å²) < 4.78 is 11.2. The summed E-state index contributed by atoms with van der Waals surface area (Å²) in [6.45, 7) is 0. The van der Waals surface area contributed by atoms with Crippen LogP contribution in [0.2, 0.25) is 0 Å². The predicted molar refractivity (Wildman–Crippen MR) is 73.0 cm³/mol. The third kappa shape index (κ3) is 3.03. The zero-order valence-electron chi connectivity index (χ0n) is 9.82. The number of hydrogen-bond donors (Lipinski definition) is 0. The molecule has 4 nitrogen and oxygen atoms in total. The van der Waals surface area contributed by atoms with Gasteiger partial charge in [-0.05, 0) is 40.5 Å². The van der Waals surface area contributed by atoms with Crippen LogP contribution in [0.4, 0.5) is 0 Å². The molecule has 0 saturated carbocycles. The van der Waals surface area contributed by atoms with E-state index in [0.29, 0.717) is 24.0 Å². The minimum atomic E-state index is 0.572. The minimum absolute atomic E-state index is 0.572. The molecule has 2 aromatic rings. The molecule has 2 rings (SSSR count). The SMILES string of the molecule is COc1ccc(-c2noc(CCCCl)n2)cc1Br. The Balaban J connectivity index is 2.20. The fraction of sp³-hybridized carbons (Fsp3) is 0.333. The van der Waals surface area contributed by atoms with Gasteiger partial charge in [-0.25, -0.2) is 0 Å². The topological polar surface area (TPSA) is 48.2 Å². The number of benzene rings is 1. The van der Waals surface area contributed by atoms with Gasteiger partial charge in [-0.2, -0.15) is 4.98 Å². The summed E-state index contributed by atoms with van der Waals surface area (Å²) in [5, 5.41) is 3.95. The molecule has 0 radical (unpaired) electrons. The molecule has 96 valence electrons. The van der Waals surface area contributed by atoms with Gasteiger partial charge in [-0.3, -0.25) is 0 Å². The molecular formula is C12H12BrClN2O2. The van der Waals surface area contributed by atoms with E-state index in [1.165, 1.54) is 0 Å². The fourth-order valence-corrected chi connectivity index (χ4v) is 2.17. The maximum Gasteiger partial charge on any atom is 0.227 e. The van der Waals surface area contributed by atoms with Gasteiger partial charge in [0.2, 0.25) is 11.7 Å². The van der Waals surface area contributed by atoms with Gasteiger partial charge in [0, 0.05) is 17.9 Å². The van der Waals surface area contributed by atoms with E-state index in [0.717, 1.165) is 22.2 Å². The van der Waals surface area contributed by atoms with Gasteiger partial charge >= 0.3 is 0 Å². The van der Waals surface area contributed by atoms with Gasteiger partial charge in [0.15, 0.2) is 0 Å². The predicted octanol–water partition coefficient (Wildman–Crippen LogP) is 3.68. The monoisotopic (exact) mass is 330 g/mol. The molecule has 0 amide bonds. The number of aromatic nitrogens is 2. The summed E-state index contributed by atoms with van der Waals surface area (Å²) in [5.74, 6) is 2.54. The molecule has 0 N–H and O–H groups in total. The van der Waals surface area contributed by atoms with Gasteiger partial charge in [0.25, 0.3) is 0 Å². The second-order valence-electron chi connectivity index (χ2n) is 3.65. The Morgan fingerprint density at radius 2 is 2.28 bits per heavy atom. The molecule has 0 spiro atoms. The first-order valence-electron chi connectivity index (χ1n) is 5.47. The highest BCUT2D eigenvalue weighted by Crippen LogP contribution is 2.29. The molecular weight excluding hydrogens is 320 g/mol. The quantitative estimate of drug-likeness (QED) is 0.784. The lowest BCUT2D eigenvalue weighted by molar-refractivity contribution is 0.378. The number of halogens is 2. The molecule has 0 aliphatic heterocycles. The third-order valence-electron chi connectivity index (χ3n) is 2.40. The number of nitrogens with zero attached hydrogens (tertiary/aromatic N) is 2. The molecule has 6 heteroatoms. The molecule has 18 heavy (non-hydrogen) atoms. The first-order valence-corrected chi connectivity index (χ1v) is 6.80. The minimum Gasteiger partial charge on any atom is -0.496 e. The summed E-state index contributed by atoms with van der Waals surface area (Å²) in [5.41, 5.74) is 0.878. The van der Waals surface area contributed by atoms with Gasteiger partial charge in [-0.15, -0.1) is 11.6 Å². The first-order chi connectivity index (χ1) is 8.74. The molecule has 0 atom stereocenters. The molecule has 0 aliphatic carbocycles. The number of alkyl halides is 1. The van der Waals surface area contributed by atoms with Gasteiger partial charge < -0.3 is 9.26 Å². The van der Waals surface area contributed by atoms with Crippen LogP contribution in [0.5, 0.6) is 5.75 Å². The number of methoxy groups -OCH3 is 1. The van der Waals surface area contributed by atoms with Crippen LogP contribution in [0.1, 0.15) is 12.3 Å². The summed E-state index contributed by atoms with van der Waals surface area (Å²) in [7, 11) is 1.62. The number of aryl methyl sites for hydroxylation is 1. The zero-order valence-corrected chi connectivity index (χ0v) is 12.2. The van der Waals surface area contributed by atoms with Crippen molar-refractivity contribution in [1.82, 2.24) is 10.1 Å². The van der Waals surface area contributed by atoms with Crippen molar-refractivity contribution < 1.29 is 9.26 Å². The lowest BCUT2D eigenvalue weighted by Gasteiger charge is -2.03. The van der Waals surface area contributed by atoms with E-state index in [2.05, 4.69) is 26.1 Å². The maximum atomic E-state index is 5.62. The van der Waals surface area contributed by atoms with Crippen LogP contribution >= 0.6 is 27.5 Å². The van der Waals surface area contributed by atoms with Crippen molar-refractivity contribution >= 4 is 27.5 Å². The number of ether oxygens (including phenoxy) is 1. The molecule has 1 heterocycles. The Morgan fingerprint density at radius 1 is 1.44 bits per heavy atom. The van der Waals surface area contributed by atoms with Crippen LogP contribution in [0.15, 0.2) is 27.2 Å². The third-order valence-corrected chi connectivity index (χ3v) is 3.29. The van der Waals surface area contributed by atoms with Gasteiger partial charge in [-0.1, -0.05) is 5.16 Å².